The van der Waals surface area contributed by atoms with E-state index in [9.17, 15) is 13.2 Å². The van der Waals surface area contributed by atoms with Gasteiger partial charge in [0, 0.05) is 24.9 Å². The van der Waals surface area contributed by atoms with Gasteiger partial charge in [0.2, 0.25) is 0 Å². The molecule has 2 heterocycles. The van der Waals surface area contributed by atoms with Crippen LogP contribution in [0.1, 0.15) is 19.3 Å². The Morgan fingerprint density at radius 1 is 1.26 bits per heavy atom. The van der Waals surface area contributed by atoms with Crippen molar-refractivity contribution < 1.29 is 17.9 Å². The lowest BCUT2D eigenvalue weighted by Gasteiger charge is -2.30. The summed E-state index contributed by atoms with van der Waals surface area (Å²) >= 11 is 0. The first-order valence-corrected chi connectivity index (χ1v) is 9.80. The van der Waals surface area contributed by atoms with E-state index in [2.05, 4.69) is 5.32 Å². The monoisotopic (exact) mass is 338 g/mol. The third-order valence-electron chi connectivity index (χ3n) is 4.36. The van der Waals surface area contributed by atoms with E-state index >= 15 is 0 Å². The summed E-state index contributed by atoms with van der Waals surface area (Å²) in [5.41, 5.74) is 0.704. The molecule has 126 valence electrons. The van der Waals surface area contributed by atoms with Crippen molar-refractivity contribution in [1.82, 2.24) is 4.90 Å². The first-order valence-electron chi connectivity index (χ1n) is 7.98. The van der Waals surface area contributed by atoms with E-state index in [0.717, 1.165) is 12.8 Å². The van der Waals surface area contributed by atoms with Crippen molar-refractivity contribution in [2.45, 2.75) is 31.4 Å². The smallest absolute Gasteiger partial charge is 0.322 e. The molecule has 23 heavy (non-hydrogen) atoms. The summed E-state index contributed by atoms with van der Waals surface area (Å²) in [6.07, 6.45) is 2.40. The van der Waals surface area contributed by atoms with Crippen molar-refractivity contribution in [3.63, 3.8) is 0 Å². The van der Waals surface area contributed by atoms with Crippen molar-refractivity contribution in [3.8, 4) is 0 Å². The first-order chi connectivity index (χ1) is 11.0. The fourth-order valence-corrected chi connectivity index (χ4v) is 4.87. The van der Waals surface area contributed by atoms with Gasteiger partial charge >= 0.3 is 6.03 Å². The number of amides is 2. The number of urea groups is 1. The molecule has 0 aliphatic carbocycles. The molecule has 0 spiro atoms. The molecule has 0 bridgehead atoms. The molecule has 1 N–H and O–H groups in total. The maximum atomic E-state index is 12.7. The van der Waals surface area contributed by atoms with Crippen LogP contribution in [-0.2, 0) is 14.6 Å². The number of benzene rings is 1. The molecular weight excluding hydrogens is 316 g/mol. The zero-order chi connectivity index (χ0) is 16.3. The summed E-state index contributed by atoms with van der Waals surface area (Å²) in [6.45, 7) is 1.15. The van der Waals surface area contributed by atoms with Gasteiger partial charge in [-0.05, 0) is 31.4 Å². The van der Waals surface area contributed by atoms with Gasteiger partial charge in [-0.2, -0.15) is 0 Å². The zero-order valence-corrected chi connectivity index (χ0v) is 13.8. The summed E-state index contributed by atoms with van der Waals surface area (Å²) < 4.78 is 29.2. The van der Waals surface area contributed by atoms with Crippen LogP contribution in [0.4, 0.5) is 10.5 Å². The van der Waals surface area contributed by atoms with E-state index in [1.807, 2.05) is 30.3 Å². The Morgan fingerprint density at radius 2 is 2.04 bits per heavy atom. The van der Waals surface area contributed by atoms with E-state index < -0.39 is 9.84 Å². The second-order valence-electron chi connectivity index (χ2n) is 6.14. The Bertz CT molecular complexity index is 641. The van der Waals surface area contributed by atoms with Crippen molar-refractivity contribution in [1.29, 1.82) is 0 Å². The van der Waals surface area contributed by atoms with Crippen LogP contribution in [0.25, 0.3) is 0 Å². The number of rotatable bonds is 4. The number of sulfone groups is 1. The van der Waals surface area contributed by atoms with Crippen LogP contribution in [-0.4, -0.2) is 56.2 Å². The highest BCUT2D eigenvalue weighted by Gasteiger charge is 2.36. The molecule has 6 nitrogen and oxygen atoms in total. The third kappa shape index (κ3) is 4.23. The second-order valence-corrected chi connectivity index (χ2v) is 8.37. The lowest BCUT2D eigenvalue weighted by atomic mass is 10.2. The minimum Gasteiger partial charge on any atom is -0.376 e. The van der Waals surface area contributed by atoms with E-state index in [1.54, 1.807) is 4.90 Å². The van der Waals surface area contributed by atoms with E-state index in [4.69, 9.17) is 4.74 Å². The van der Waals surface area contributed by atoms with Gasteiger partial charge in [-0.15, -0.1) is 0 Å². The average molecular weight is 338 g/mol. The van der Waals surface area contributed by atoms with Crippen molar-refractivity contribution in [3.05, 3.63) is 30.3 Å². The molecule has 3 rings (SSSR count). The summed E-state index contributed by atoms with van der Waals surface area (Å²) in [6, 6.07) is 8.67. The predicted molar refractivity (Wildman–Crippen MR) is 88.2 cm³/mol. The molecule has 1 aromatic rings. The number of hydrogen-bond donors (Lipinski definition) is 1. The SMILES string of the molecule is O=C(Nc1ccccc1)N(CC1CCCO1)C1CCS(=O)(=O)C1. The summed E-state index contributed by atoms with van der Waals surface area (Å²) in [4.78, 5) is 14.3. The van der Waals surface area contributed by atoms with Crippen LogP contribution < -0.4 is 5.32 Å². The Labute approximate surface area is 136 Å². The van der Waals surface area contributed by atoms with Gasteiger partial charge in [-0.25, -0.2) is 13.2 Å². The standard InChI is InChI=1S/C16H22N2O4S/c19-16(17-13-5-2-1-3-6-13)18(11-15-7-4-9-22-15)14-8-10-23(20,21)12-14/h1-3,5-6,14-15H,4,7-12H2,(H,17,19). The van der Waals surface area contributed by atoms with E-state index in [0.29, 0.717) is 25.3 Å². The molecule has 1 aromatic carbocycles. The predicted octanol–water partition coefficient (Wildman–Crippen LogP) is 1.89. The second kappa shape index (κ2) is 6.88. The fraction of sp³-hybridized carbons (Fsp3) is 0.562. The van der Waals surface area contributed by atoms with Gasteiger partial charge in [0.05, 0.1) is 17.6 Å². The maximum absolute atomic E-state index is 12.7. The highest BCUT2D eigenvalue weighted by Crippen LogP contribution is 2.22. The van der Waals surface area contributed by atoms with E-state index in [-0.39, 0.29) is 29.7 Å². The highest BCUT2D eigenvalue weighted by molar-refractivity contribution is 7.91. The lowest BCUT2D eigenvalue weighted by molar-refractivity contribution is 0.0751. The molecule has 2 amide bonds. The number of anilines is 1. The van der Waals surface area contributed by atoms with E-state index in [1.165, 1.54) is 0 Å². The van der Waals surface area contributed by atoms with Gasteiger partial charge in [0.15, 0.2) is 9.84 Å². The van der Waals surface area contributed by atoms with Gasteiger partial charge in [0.25, 0.3) is 0 Å². The van der Waals surface area contributed by atoms with Crippen LogP contribution in [0.3, 0.4) is 0 Å². The topological polar surface area (TPSA) is 75.7 Å². The van der Waals surface area contributed by atoms with Crippen molar-refractivity contribution in [2.75, 3.05) is 30.0 Å². The van der Waals surface area contributed by atoms with Crippen LogP contribution in [0.5, 0.6) is 0 Å². The molecular formula is C16H22N2O4S. The van der Waals surface area contributed by atoms with Crippen LogP contribution in [0.15, 0.2) is 30.3 Å². The number of nitrogens with one attached hydrogen (secondary N) is 1. The van der Waals surface area contributed by atoms with Crippen LogP contribution >= 0.6 is 0 Å². The summed E-state index contributed by atoms with van der Waals surface area (Å²) in [5, 5.41) is 2.86. The molecule has 2 saturated heterocycles. The maximum Gasteiger partial charge on any atom is 0.322 e. The molecule has 2 fully saturated rings. The minimum absolute atomic E-state index is 0.000160. The Balaban J connectivity index is 1.72. The lowest BCUT2D eigenvalue weighted by Crippen LogP contribution is -2.47. The molecule has 2 aliphatic rings. The van der Waals surface area contributed by atoms with Gasteiger partial charge in [-0.3, -0.25) is 0 Å². The Kier molecular flexibility index (Phi) is 4.87. The third-order valence-corrected chi connectivity index (χ3v) is 6.11. The normalized spacial score (nSPS) is 26.1. The molecule has 0 aromatic heterocycles. The summed E-state index contributed by atoms with van der Waals surface area (Å²) in [5.74, 6) is 0.195. The largest absolute Gasteiger partial charge is 0.376 e. The van der Waals surface area contributed by atoms with Gasteiger partial charge in [0.1, 0.15) is 0 Å². The number of hydrogen-bond acceptors (Lipinski definition) is 4. The highest BCUT2D eigenvalue weighted by atomic mass is 32.2. The number of carbonyl (C=O) groups excluding carboxylic acids is 1. The van der Waals surface area contributed by atoms with Gasteiger partial charge < -0.3 is 15.0 Å². The number of carbonyl (C=O) groups is 1. The molecule has 0 radical (unpaired) electrons. The average Bonchev–Trinajstić information content (AvgIpc) is 3.15. The Morgan fingerprint density at radius 3 is 2.65 bits per heavy atom. The molecule has 2 aliphatic heterocycles. The minimum atomic E-state index is -3.04. The molecule has 2 atom stereocenters. The van der Waals surface area contributed by atoms with Crippen molar-refractivity contribution in [2.24, 2.45) is 0 Å². The molecule has 0 saturated carbocycles. The van der Waals surface area contributed by atoms with Crippen LogP contribution in [0.2, 0.25) is 0 Å². The van der Waals surface area contributed by atoms with Gasteiger partial charge in [-0.1, -0.05) is 18.2 Å². The number of nitrogens with zero attached hydrogens (tertiary/aromatic N) is 1. The number of ether oxygens (including phenoxy) is 1. The fourth-order valence-electron chi connectivity index (χ4n) is 3.14. The quantitative estimate of drug-likeness (QED) is 0.909. The number of para-hydroxylation sites is 1. The van der Waals surface area contributed by atoms with Crippen LogP contribution in [0, 0.1) is 0 Å². The van der Waals surface area contributed by atoms with Crippen molar-refractivity contribution >= 4 is 21.6 Å². The summed E-state index contributed by atoms with van der Waals surface area (Å²) in [7, 11) is -3.04. The zero-order valence-electron chi connectivity index (χ0n) is 13.0. The molecule has 7 heteroatoms. The first kappa shape index (κ1) is 16.3. The molecule has 2 unspecified atom stereocenters. The Hall–Kier alpha value is -1.60.